The Bertz CT molecular complexity index is 1370. The van der Waals surface area contributed by atoms with Gasteiger partial charge in [-0.05, 0) is 96.3 Å². The fourth-order valence-corrected chi connectivity index (χ4v) is 9.14. The molecule has 0 aromatic rings. The molecule has 0 saturated carbocycles. The van der Waals surface area contributed by atoms with E-state index in [1.807, 2.05) is 0 Å². The first-order chi connectivity index (χ1) is 36.5. The third kappa shape index (κ3) is 59.7. The summed E-state index contributed by atoms with van der Waals surface area (Å²) < 4.78 is 16.9. The van der Waals surface area contributed by atoms with Gasteiger partial charge in [-0.25, -0.2) is 0 Å². The average Bonchev–Trinajstić information content (AvgIpc) is 3.40. The minimum absolute atomic E-state index is 0.0845. The summed E-state index contributed by atoms with van der Waals surface area (Å²) in [5.74, 6) is -0.898. The molecule has 0 aromatic carbocycles. The van der Waals surface area contributed by atoms with Gasteiger partial charge in [0.2, 0.25) is 0 Å². The Morgan fingerprint density at radius 2 is 0.500 bits per heavy atom. The summed E-state index contributed by atoms with van der Waals surface area (Å²) in [5.41, 5.74) is 0. The Labute approximate surface area is 459 Å². The van der Waals surface area contributed by atoms with Crippen molar-refractivity contribution in [3.05, 3.63) is 72.9 Å². The lowest BCUT2D eigenvalue weighted by Gasteiger charge is -2.18. The minimum Gasteiger partial charge on any atom is -0.462 e. The Kier molecular flexibility index (Phi) is 59.7. The number of unbranched alkanes of at least 4 members (excludes halogenated alkanes) is 38. The molecule has 0 spiro atoms. The summed E-state index contributed by atoms with van der Waals surface area (Å²) in [4.78, 5) is 38.3. The summed E-state index contributed by atoms with van der Waals surface area (Å²) in [7, 11) is 0. The van der Waals surface area contributed by atoms with Gasteiger partial charge in [0.1, 0.15) is 13.2 Å². The Balaban J connectivity index is 4.42. The van der Waals surface area contributed by atoms with Crippen LogP contribution in [-0.4, -0.2) is 37.2 Å². The fraction of sp³-hybridized carbons (Fsp3) is 0.779. The third-order valence-corrected chi connectivity index (χ3v) is 14.0. The maximum atomic E-state index is 12.9. The molecular weight excluding hydrogens is 913 g/mol. The van der Waals surface area contributed by atoms with Gasteiger partial charge in [-0.2, -0.15) is 0 Å². The zero-order chi connectivity index (χ0) is 53.6. The van der Waals surface area contributed by atoms with Crippen LogP contribution in [0.5, 0.6) is 0 Å². The smallest absolute Gasteiger partial charge is 0.306 e. The molecule has 0 aliphatic rings. The molecular formula is C68H120O6. The first kappa shape index (κ1) is 70.8. The summed E-state index contributed by atoms with van der Waals surface area (Å²) in [6.07, 6.45) is 80.4. The van der Waals surface area contributed by atoms with E-state index in [1.165, 1.54) is 205 Å². The van der Waals surface area contributed by atoms with Crippen LogP contribution in [0.2, 0.25) is 0 Å². The minimum atomic E-state index is -0.789. The number of allylic oxidation sites excluding steroid dienone is 12. The van der Waals surface area contributed by atoms with Crippen LogP contribution in [0.4, 0.5) is 0 Å². The SMILES string of the molecule is CCCCC/C=C\C=C/CCCCCCCCCCCCC(=O)OCC(COC(=O)CCCCCCC\C=C/C=C\C=C/CCCCCCC)OC(=O)CCCCCCCCC/C=C\CCCCCCCCCC. The molecule has 0 aliphatic carbocycles. The van der Waals surface area contributed by atoms with Crippen LogP contribution < -0.4 is 0 Å². The lowest BCUT2D eigenvalue weighted by molar-refractivity contribution is -0.167. The largest absolute Gasteiger partial charge is 0.462 e. The van der Waals surface area contributed by atoms with Crippen molar-refractivity contribution in [3.63, 3.8) is 0 Å². The second-order valence-electron chi connectivity index (χ2n) is 21.4. The summed E-state index contributed by atoms with van der Waals surface area (Å²) in [6.45, 7) is 6.61. The fourth-order valence-electron chi connectivity index (χ4n) is 9.14. The monoisotopic (exact) mass is 1030 g/mol. The van der Waals surface area contributed by atoms with Crippen LogP contribution in [0.25, 0.3) is 0 Å². The van der Waals surface area contributed by atoms with E-state index in [9.17, 15) is 14.4 Å². The van der Waals surface area contributed by atoms with Crippen LogP contribution in [0.3, 0.4) is 0 Å². The number of carbonyl (C=O) groups excluding carboxylic acids is 3. The first-order valence-electron chi connectivity index (χ1n) is 32.0. The average molecular weight is 1030 g/mol. The summed E-state index contributed by atoms with van der Waals surface area (Å²) in [6, 6.07) is 0. The zero-order valence-electron chi connectivity index (χ0n) is 49.1. The van der Waals surface area contributed by atoms with Crippen molar-refractivity contribution in [2.45, 2.75) is 329 Å². The molecule has 0 aliphatic heterocycles. The Morgan fingerprint density at radius 1 is 0.270 bits per heavy atom. The second kappa shape index (κ2) is 62.4. The standard InChI is InChI=1S/C68H120O6/c1-4-7-10-13-16-19-22-25-28-31-34-37-40-43-46-49-52-55-58-61-67(70)73-64-65(63-72-66(69)60-57-54-51-48-45-42-39-36-33-30-27-24-21-18-15-12-9-6-3)74-68(71)62-59-56-53-50-47-44-41-38-35-32-29-26-23-20-17-14-11-8-5-2/h16,19,22,24-25,27,30,32-33,35-36,39,65H,4-15,17-18,20-21,23,26,28-29,31,34,37-38,40-64H2,1-3H3/b19-16-,25-22-,27-24-,33-30-,35-32-,39-36-. The van der Waals surface area contributed by atoms with Gasteiger partial charge in [0.25, 0.3) is 0 Å². The van der Waals surface area contributed by atoms with E-state index in [-0.39, 0.29) is 31.1 Å². The predicted molar refractivity (Wildman–Crippen MR) is 321 cm³/mol. The van der Waals surface area contributed by atoms with Crippen LogP contribution in [-0.2, 0) is 28.6 Å². The Hall–Kier alpha value is -3.15. The van der Waals surface area contributed by atoms with Crippen LogP contribution >= 0.6 is 0 Å². The highest BCUT2D eigenvalue weighted by atomic mass is 16.6. The highest BCUT2D eigenvalue weighted by Crippen LogP contribution is 2.16. The van der Waals surface area contributed by atoms with Crippen LogP contribution in [0, 0.1) is 0 Å². The molecule has 428 valence electrons. The quantitative estimate of drug-likeness (QED) is 0.0199. The van der Waals surface area contributed by atoms with Gasteiger partial charge in [-0.15, -0.1) is 0 Å². The lowest BCUT2D eigenvalue weighted by Crippen LogP contribution is -2.30. The number of carbonyl (C=O) groups is 3. The molecule has 0 aromatic heterocycles. The van der Waals surface area contributed by atoms with E-state index in [2.05, 4.69) is 93.7 Å². The normalized spacial score (nSPS) is 12.5. The van der Waals surface area contributed by atoms with E-state index >= 15 is 0 Å². The van der Waals surface area contributed by atoms with Crippen molar-refractivity contribution in [1.29, 1.82) is 0 Å². The van der Waals surface area contributed by atoms with Crippen molar-refractivity contribution in [1.82, 2.24) is 0 Å². The molecule has 6 heteroatoms. The van der Waals surface area contributed by atoms with Crippen LogP contribution in [0.15, 0.2) is 72.9 Å². The van der Waals surface area contributed by atoms with E-state index in [0.717, 1.165) is 77.0 Å². The highest BCUT2D eigenvalue weighted by molar-refractivity contribution is 5.71. The van der Waals surface area contributed by atoms with Crippen LogP contribution in [0.1, 0.15) is 323 Å². The van der Waals surface area contributed by atoms with Gasteiger partial charge >= 0.3 is 17.9 Å². The lowest BCUT2D eigenvalue weighted by atomic mass is 10.1. The third-order valence-electron chi connectivity index (χ3n) is 14.0. The van der Waals surface area contributed by atoms with Crippen molar-refractivity contribution < 1.29 is 28.6 Å². The number of rotatable bonds is 58. The molecule has 0 N–H and O–H groups in total. The van der Waals surface area contributed by atoms with E-state index in [1.54, 1.807) is 0 Å². The van der Waals surface area contributed by atoms with Crippen molar-refractivity contribution >= 4 is 17.9 Å². The van der Waals surface area contributed by atoms with Crippen molar-refractivity contribution in [2.75, 3.05) is 13.2 Å². The molecule has 0 saturated heterocycles. The van der Waals surface area contributed by atoms with Gasteiger partial charge in [-0.1, -0.05) is 280 Å². The van der Waals surface area contributed by atoms with Crippen molar-refractivity contribution in [2.24, 2.45) is 0 Å². The molecule has 1 unspecified atom stereocenters. The molecule has 0 radical (unpaired) electrons. The topological polar surface area (TPSA) is 78.9 Å². The van der Waals surface area contributed by atoms with Gasteiger partial charge in [0.05, 0.1) is 0 Å². The maximum absolute atomic E-state index is 12.9. The predicted octanol–water partition coefficient (Wildman–Crippen LogP) is 21.7. The molecule has 1 atom stereocenters. The zero-order valence-corrected chi connectivity index (χ0v) is 49.1. The van der Waals surface area contributed by atoms with E-state index < -0.39 is 6.10 Å². The van der Waals surface area contributed by atoms with Gasteiger partial charge in [0.15, 0.2) is 6.10 Å². The Morgan fingerprint density at radius 3 is 0.824 bits per heavy atom. The van der Waals surface area contributed by atoms with E-state index in [4.69, 9.17) is 14.2 Å². The molecule has 0 amide bonds. The first-order valence-corrected chi connectivity index (χ1v) is 32.0. The van der Waals surface area contributed by atoms with E-state index in [0.29, 0.717) is 19.3 Å². The number of hydrogen-bond donors (Lipinski definition) is 0. The molecule has 0 heterocycles. The molecule has 6 nitrogen and oxygen atoms in total. The molecule has 0 rings (SSSR count). The second-order valence-corrected chi connectivity index (χ2v) is 21.4. The van der Waals surface area contributed by atoms with Gasteiger partial charge in [0, 0.05) is 19.3 Å². The number of ether oxygens (including phenoxy) is 3. The summed E-state index contributed by atoms with van der Waals surface area (Å²) >= 11 is 0. The maximum Gasteiger partial charge on any atom is 0.306 e. The van der Waals surface area contributed by atoms with Gasteiger partial charge < -0.3 is 14.2 Å². The summed E-state index contributed by atoms with van der Waals surface area (Å²) in [5, 5.41) is 0. The van der Waals surface area contributed by atoms with Gasteiger partial charge in [-0.3, -0.25) is 14.4 Å². The number of esters is 3. The highest BCUT2D eigenvalue weighted by Gasteiger charge is 2.19. The number of hydrogen-bond acceptors (Lipinski definition) is 6. The van der Waals surface area contributed by atoms with Crippen molar-refractivity contribution in [3.8, 4) is 0 Å². The molecule has 0 fully saturated rings. The molecule has 74 heavy (non-hydrogen) atoms. The molecule has 0 bridgehead atoms.